The molecule has 2 N–H and O–H groups in total. The fourth-order valence-corrected chi connectivity index (χ4v) is 3.75. The van der Waals surface area contributed by atoms with Gasteiger partial charge in [0.1, 0.15) is 0 Å². The predicted octanol–water partition coefficient (Wildman–Crippen LogP) is 2.06. The van der Waals surface area contributed by atoms with Crippen LogP contribution in [0.1, 0.15) is 30.7 Å². The van der Waals surface area contributed by atoms with Gasteiger partial charge in [-0.15, -0.1) is 35.3 Å². The molecule has 1 saturated heterocycles. The second kappa shape index (κ2) is 13.7. The number of hydrogen-bond donors (Lipinski definition) is 2. The van der Waals surface area contributed by atoms with Crippen LogP contribution in [0.2, 0.25) is 0 Å². The van der Waals surface area contributed by atoms with Gasteiger partial charge in [0.2, 0.25) is 0 Å². The number of aryl methyl sites for hydroxylation is 1. The maximum Gasteiger partial charge on any atom is 0.191 e. The van der Waals surface area contributed by atoms with E-state index < -0.39 is 0 Å². The standard InChI is InChI=1S/C18H34N6S.HI/c1-4-16-15-22-17(25-16)7-8-20-18(19-5-2)21-9-10-24-13-11-23(6-3)12-14-24;/h15H,4-14H2,1-3H3,(H2,19,20,21);1H. The van der Waals surface area contributed by atoms with Crippen LogP contribution in [0, 0.1) is 0 Å². The lowest BCUT2D eigenvalue weighted by molar-refractivity contribution is 0.140. The minimum absolute atomic E-state index is 0. The van der Waals surface area contributed by atoms with E-state index in [9.17, 15) is 0 Å². The molecule has 0 amide bonds. The Morgan fingerprint density at radius 2 is 1.88 bits per heavy atom. The van der Waals surface area contributed by atoms with E-state index in [4.69, 9.17) is 4.99 Å². The van der Waals surface area contributed by atoms with E-state index in [-0.39, 0.29) is 24.0 Å². The summed E-state index contributed by atoms with van der Waals surface area (Å²) in [6.07, 6.45) is 4.02. The van der Waals surface area contributed by atoms with Crippen LogP contribution in [-0.4, -0.2) is 79.6 Å². The number of halogens is 1. The first-order valence-corrected chi connectivity index (χ1v) is 10.5. The van der Waals surface area contributed by atoms with Crippen LogP contribution in [-0.2, 0) is 12.8 Å². The Balaban J connectivity index is 0.00000338. The van der Waals surface area contributed by atoms with Crippen molar-refractivity contribution in [2.75, 3.05) is 58.9 Å². The highest BCUT2D eigenvalue weighted by Gasteiger charge is 2.14. The first kappa shape index (κ1) is 23.6. The van der Waals surface area contributed by atoms with E-state index in [1.807, 2.05) is 17.5 Å². The van der Waals surface area contributed by atoms with Crippen molar-refractivity contribution >= 4 is 41.3 Å². The van der Waals surface area contributed by atoms with Gasteiger partial charge in [0.25, 0.3) is 0 Å². The molecule has 2 rings (SSSR count). The number of likely N-dealkylation sites (N-methyl/N-ethyl adjacent to an activating group) is 1. The Morgan fingerprint density at radius 3 is 2.50 bits per heavy atom. The van der Waals surface area contributed by atoms with Gasteiger partial charge in [0.15, 0.2) is 5.96 Å². The van der Waals surface area contributed by atoms with E-state index in [1.165, 1.54) is 29.5 Å². The van der Waals surface area contributed by atoms with Gasteiger partial charge in [0, 0.05) is 63.3 Å². The van der Waals surface area contributed by atoms with E-state index >= 15 is 0 Å². The molecule has 26 heavy (non-hydrogen) atoms. The highest BCUT2D eigenvalue weighted by atomic mass is 127. The van der Waals surface area contributed by atoms with Gasteiger partial charge < -0.3 is 15.5 Å². The highest BCUT2D eigenvalue weighted by Crippen LogP contribution is 2.13. The molecule has 1 aliphatic rings. The quantitative estimate of drug-likeness (QED) is 0.313. The molecule has 2 heterocycles. The number of rotatable bonds is 9. The number of thiazole rings is 1. The lowest BCUT2D eigenvalue weighted by Crippen LogP contribution is -2.47. The molecule has 0 spiro atoms. The summed E-state index contributed by atoms with van der Waals surface area (Å²) in [6.45, 7) is 16.0. The fraction of sp³-hybridized carbons (Fsp3) is 0.778. The van der Waals surface area contributed by atoms with E-state index in [0.717, 1.165) is 58.1 Å². The molecular formula is C18H35IN6S. The highest BCUT2D eigenvalue weighted by molar-refractivity contribution is 14.0. The molecule has 1 aliphatic heterocycles. The van der Waals surface area contributed by atoms with Gasteiger partial charge in [0.05, 0.1) is 11.6 Å². The molecule has 1 aromatic rings. The Hall–Kier alpha value is -0.450. The molecule has 6 nitrogen and oxygen atoms in total. The number of aliphatic imine (C=N–C) groups is 1. The minimum Gasteiger partial charge on any atom is -0.357 e. The number of nitrogens with one attached hydrogen (secondary N) is 2. The summed E-state index contributed by atoms with van der Waals surface area (Å²) in [7, 11) is 0. The molecule has 0 unspecified atom stereocenters. The number of aromatic nitrogens is 1. The van der Waals surface area contributed by atoms with Crippen LogP contribution in [0.15, 0.2) is 11.2 Å². The van der Waals surface area contributed by atoms with Crippen LogP contribution < -0.4 is 10.6 Å². The zero-order valence-corrected chi connectivity index (χ0v) is 19.6. The monoisotopic (exact) mass is 494 g/mol. The van der Waals surface area contributed by atoms with Crippen molar-refractivity contribution in [3.63, 3.8) is 0 Å². The van der Waals surface area contributed by atoms with Crippen molar-refractivity contribution in [3.05, 3.63) is 16.1 Å². The number of guanidine groups is 1. The first-order chi connectivity index (χ1) is 12.2. The van der Waals surface area contributed by atoms with Gasteiger partial charge in [-0.25, -0.2) is 4.98 Å². The Bertz CT molecular complexity index is 514. The topological polar surface area (TPSA) is 55.8 Å². The van der Waals surface area contributed by atoms with E-state index in [0.29, 0.717) is 0 Å². The SMILES string of the molecule is CCNC(=NCCN1CCN(CC)CC1)NCCc1ncc(CC)s1.I. The summed E-state index contributed by atoms with van der Waals surface area (Å²) in [5.41, 5.74) is 0. The molecule has 150 valence electrons. The molecule has 0 atom stereocenters. The summed E-state index contributed by atoms with van der Waals surface area (Å²) in [5.74, 6) is 0.918. The zero-order chi connectivity index (χ0) is 17.9. The lowest BCUT2D eigenvalue weighted by Gasteiger charge is -2.33. The summed E-state index contributed by atoms with van der Waals surface area (Å²) in [4.78, 5) is 15.6. The number of nitrogens with zero attached hydrogens (tertiary/aromatic N) is 4. The molecular weight excluding hydrogens is 459 g/mol. The third kappa shape index (κ3) is 8.49. The van der Waals surface area contributed by atoms with Crippen LogP contribution >= 0.6 is 35.3 Å². The summed E-state index contributed by atoms with van der Waals surface area (Å²) >= 11 is 1.81. The van der Waals surface area contributed by atoms with Gasteiger partial charge in [-0.1, -0.05) is 13.8 Å². The van der Waals surface area contributed by atoms with Crippen molar-refractivity contribution in [1.29, 1.82) is 0 Å². The maximum atomic E-state index is 4.72. The maximum absolute atomic E-state index is 4.72. The largest absolute Gasteiger partial charge is 0.357 e. The lowest BCUT2D eigenvalue weighted by atomic mass is 10.3. The van der Waals surface area contributed by atoms with Crippen LogP contribution in [0.25, 0.3) is 0 Å². The first-order valence-electron chi connectivity index (χ1n) is 9.65. The Labute approximate surface area is 179 Å². The molecule has 1 fully saturated rings. The third-order valence-corrected chi connectivity index (χ3v) is 5.73. The molecule has 1 aromatic heterocycles. The van der Waals surface area contributed by atoms with Gasteiger partial charge in [-0.2, -0.15) is 0 Å². The molecule has 0 aromatic carbocycles. The summed E-state index contributed by atoms with van der Waals surface area (Å²) in [5, 5.41) is 7.97. The average molecular weight is 494 g/mol. The van der Waals surface area contributed by atoms with Crippen molar-refractivity contribution in [3.8, 4) is 0 Å². The Morgan fingerprint density at radius 1 is 1.15 bits per heavy atom. The Kier molecular flexibility index (Phi) is 12.4. The third-order valence-electron chi connectivity index (χ3n) is 4.52. The van der Waals surface area contributed by atoms with E-state index in [2.05, 4.69) is 46.2 Å². The zero-order valence-electron chi connectivity index (χ0n) is 16.5. The van der Waals surface area contributed by atoms with Crippen molar-refractivity contribution in [2.45, 2.75) is 33.6 Å². The van der Waals surface area contributed by atoms with Gasteiger partial charge in [-0.05, 0) is 19.9 Å². The average Bonchev–Trinajstić information content (AvgIpc) is 3.10. The van der Waals surface area contributed by atoms with Crippen molar-refractivity contribution in [1.82, 2.24) is 25.4 Å². The normalized spacial score (nSPS) is 16.3. The van der Waals surface area contributed by atoms with Gasteiger partial charge in [-0.3, -0.25) is 9.89 Å². The molecule has 0 bridgehead atoms. The van der Waals surface area contributed by atoms with Crippen molar-refractivity contribution < 1.29 is 0 Å². The number of hydrogen-bond acceptors (Lipinski definition) is 5. The number of piperazine rings is 1. The van der Waals surface area contributed by atoms with Crippen LogP contribution in [0.3, 0.4) is 0 Å². The minimum atomic E-state index is 0. The summed E-state index contributed by atoms with van der Waals surface area (Å²) < 4.78 is 0. The van der Waals surface area contributed by atoms with Gasteiger partial charge >= 0.3 is 0 Å². The second-order valence-corrected chi connectivity index (χ2v) is 7.49. The summed E-state index contributed by atoms with van der Waals surface area (Å²) in [6, 6.07) is 0. The predicted molar refractivity (Wildman–Crippen MR) is 123 cm³/mol. The fourth-order valence-electron chi connectivity index (χ4n) is 2.89. The second-order valence-electron chi connectivity index (χ2n) is 6.29. The molecule has 0 saturated carbocycles. The molecule has 8 heteroatoms. The van der Waals surface area contributed by atoms with E-state index in [1.54, 1.807) is 0 Å². The van der Waals surface area contributed by atoms with Crippen LogP contribution in [0.5, 0.6) is 0 Å². The van der Waals surface area contributed by atoms with Crippen LogP contribution in [0.4, 0.5) is 0 Å². The molecule has 0 radical (unpaired) electrons. The smallest absolute Gasteiger partial charge is 0.191 e. The molecule has 0 aliphatic carbocycles. The van der Waals surface area contributed by atoms with Crippen molar-refractivity contribution in [2.24, 2.45) is 4.99 Å².